The largest absolute Gasteiger partial charge is 0.358 e. The van der Waals surface area contributed by atoms with E-state index in [9.17, 15) is 0 Å². The van der Waals surface area contributed by atoms with E-state index < -0.39 is 0 Å². The molecule has 0 aromatic carbocycles. The molecule has 0 radical (unpaired) electrons. The van der Waals surface area contributed by atoms with Crippen molar-refractivity contribution in [3.05, 3.63) is 0 Å². The zero-order valence-corrected chi connectivity index (χ0v) is 6.24. The Balaban J connectivity index is 2.04. The minimum Gasteiger partial charge on any atom is -0.358 e. The van der Waals surface area contributed by atoms with E-state index in [0.29, 0.717) is 0 Å². The van der Waals surface area contributed by atoms with Gasteiger partial charge in [0.05, 0.1) is 6.61 Å². The topological polar surface area (TPSA) is 9.23 Å². The first-order valence-corrected chi connectivity index (χ1v) is 5.71. The second-order valence-corrected chi connectivity index (χ2v) is 4.60. The van der Waals surface area contributed by atoms with Crippen LogP contribution in [0.25, 0.3) is 0 Å². The van der Waals surface area contributed by atoms with Crippen LogP contribution in [-0.4, -0.2) is 12.8 Å². The van der Waals surface area contributed by atoms with Crippen LogP contribution in [0.2, 0.25) is 0 Å². The van der Waals surface area contributed by atoms with Gasteiger partial charge in [-0.05, 0) is 19.0 Å². The van der Waals surface area contributed by atoms with Gasteiger partial charge in [0.25, 0.3) is 0 Å². The first-order valence-electron chi connectivity index (χ1n) is 2.60. The highest BCUT2D eigenvalue weighted by Gasteiger charge is 1.95. The predicted molar refractivity (Wildman–Crippen MR) is 36.7 cm³/mol. The van der Waals surface area contributed by atoms with Crippen molar-refractivity contribution in [3.8, 4) is 0 Å². The van der Waals surface area contributed by atoms with E-state index in [4.69, 9.17) is 4.52 Å². The Bertz CT molecular complexity index is 29.3. The Morgan fingerprint density at radius 3 is 3.29 bits per heavy atom. The van der Waals surface area contributed by atoms with Gasteiger partial charge >= 0.3 is 0 Å². The van der Waals surface area contributed by atoms with Gasteiger partial charge in [-0.15, -0.1) is 0 Å². The summed E-state index contributed by atoms with van der Waals surface area (Å²) in [6, 6.07) is 0. The van der Waals surface area contributed by atoms with Crippen LogP contribution in [0.15, 0.2) is 0 Å². The van der Waals surface area contributed by atoms with Crippen LogP contribution in [0.4, 0.5) is 0 Å². The summed E-state index contributed by atoms with van der Waals surface area (Å²) in [5.41, 5.74) is 0. The highest BCUT2D eigenvalue weighted by atomic mass is 32.0. The standard InChI is InChI=1S/C4H10OP2/c1-2-4-6-7-5-3-1/h6-7H,1-4H2. The Morgan fingerprint density at radius 1 is 1.29 bits per heavy atom. The maximum Gasteiger partial charge on any atom is 0.0510 e. The van der Waals surface area contributed by atoms with Crippen LogP contribution in [-0.2, 0) is 4.52 Å². The summed E-state index contributed by atoms with van der Waals surface area (Å²) in [6.07, 6.45) is 4.10. The van der Waals surface area contributed by atoms with Gasteiger partial charge in [-0.2, -0.15) is 0 Å². The predicted octanol–water partition coefficient (Wildman–Crippen LogP) is 1.98. The van der Waals surface area contributed by atoms with Crippen LogP contribution < -0.4 is 0 Å². The molecular formula is C4H10OP2. The lowest BCUT2D eigenvalue weighted by Gasteiger charge is -1.91. The molecule has 1 aliphatic rings. The quantitative estimate of drug-likeness (QED) is 0.462. The molecule has 0 saturated carbocycles. The second kappa shape index (κ2) is 3.78. The third-order valence-corrected chi connectivity index (χ3v) is 3.65. The number of hydrogen-bond donors (Lipinski definition) is 0. The normalized spacial score (nSPS) is 30.9. The molecule has 0 aliphatic carbocycles. The zero-order chi connectivity index (χ0) is 4.95. The van der Waals surface area contributed by atoms with Crippen molar-refractivity contribution in [1.82, 2.24) is 0 Å². The molecule has 0 spiro atoms. The summed E-state index contributed by atoms with van der Waals surface area (Å²) in [4.78, 5) is 0. The van der Waals surface area contributed by atoms with Gasteiger partial charge in [0.15, 0.2) is 0 Å². The van der Waals surface area contributed by atoms with Crippen molar-refractivity contribution in [2.24, 2.45) is 0 Å². The third-order valence-electron chi connectivity index (χ3n) is 0.943. The minimum absolute atomic E-state index is 0.823. The van der Waals surface area contributed by atoms with Crippen molar-refractivity contribution in [1.29, 1.82) is 0 Å². The molecule has 1 nitrogen and oxygen atoms in total. The second-order valence-electron chi connectivity index (χ2n) is 1.58. The van der Waals surface area contributed by atoms with Gasteiger partial charge < -0.3 is 4.52 Å². The van der Waals surface area contributed by atoms with Gasteiger partial charge in [0.2, 0.25) is 0 Å². The van der Waals surface area contributed by atoms with Crippen molar-refractivity contribution in [2.75, 3.05) is 12.8 Å². The SMILES string of the molecule is C1CCPPOC1. The van der Waals surface area contributed by atoms with Crippen LogP contribution in [0.5, 0.6) is 0 Å². The summed E-state index contributed by atoms with van der Waals surface area (Å²) < 4.78 is 5.23. The molecule has 0 aromatic rings. The summed E-state index contributed by atoms with van der Waals surface area (Å²) in [7, 11) is 1.92. The van der Waals surface area contributed by atoms with Crippen molar-refractivity contribution < 1.29 is 4.52 Å². The fourth-order valence-corrected chi connectivity index (χ4v) is 2.87. The molecular weight excluding hydrogens is 126 g/mol. The molecule has 2 unspecified atom stereocenters. The molecule has 1 rings (SSSR count). The van der Waals surface area contributed by atoms with E-state index >= 15 is 0 Å². The molecule has 1 heterocycles. The maximum atomic E-state index is 5.23. The zero-order valence-electron chi connectivity index (χ0n) is 4.24. The average Bonchev–Trinajstić information content (AvgIpc) is 1.90. The molecule has 1 saturated heterocycles. The molecule has 0 N–H and O–H groups in total. The molecule has 0 bridgehead atoms. The molecule has 0 aromatic heterocycles. The number of rotatable bonds is 0. The Kier molecular flexibility index (Phi) is 3.21. The Labute approximate surface area is 47.8 Å². The van der Waals surface area contributed by atoms with Gasteiger partial charge in [-0.3, -0.25) is 0 Å². The summed E-state index contributed by atoms with van der Waals surface area (Å²) >= 11 is 0. The highest BCUT2D eigenvalue weighted by molar-refractivity contribution is 8.09. The van der Waals surface area contributed by atoms with E-state index in [1.54, 1.807) is 0 Å². The summed E-state index contributed by atoms with van der Waals surface area (Å²) in [6.45, 7) is 1.02. The van der Waals surface area contributed by atoms with Crippen molar-refractivity contribution in [3.63, 3.8) is 0 Å². The maximum absolute atomic E-state index is 5.23. The highest BCUT2D eigenvalue weighted by Crippen LogP contribution is 2.40. The monoisotopic (exact) mass is 136 g/mol. The number of hydrogen-bond acceptors (Lipinski definition) is 1. The summed E-state index contributed by atoms with van der Waals surface area (Å²) in [5.74, 6) is 0. The van der Waals surface area contributed by atoms with Gasteiger partial charge in [0, 0.05) is 8.50 Å². The van der Waals surface area contributed by atoms with E-state index in [2.05, 4.69) is 0 Å². The van der Waals surface area contributed by atoms with Crippen LogP contribution in [0.1, 0.15) is 12.8 Å². The first kappa shape index (κ1) is 5.95. The molecule has 1 aliphatic heterocycles. The lowest BCUT2D eigenvalue weighted by Crippen LogP contribution is -1.80. The molecule has 42 valence electrons. The lowest BCUT2D eigenvalue weighted by molar-refractivity contribution is 0.362. The minimum atomic E-state index is 0.823. The van der Waals surface area contributed by atoms with Gasteiger partial charge in [-0.1, -0.05) is 8.27 Å². The Morgan fingerprint density at radius 2 is 2.29 bits per heavy atom. The molecule has 0 amide bonds. The van der Waals surface area contributed by atoms with Crippen molar-refractivity contribution in [2.45, 2.75) is 12.8 Å². The molecule has 3 heteroatoms. The fraction of sp³-hybridized carbons (Fsp3) is 1.00. The van der Waals surface area contributed by atoms with E-state index in [1.807, 2.05) is 0 Å². The van der Waals surface area contributed by atoms with Gasteiger partial charge in [0.1, 0.15) is 0 Å². The third kappa shape index (κ3) is 2.59. The van der Waals surface area contributed by atoms with Crippen LogP contribution in [0.3, 0.4) is 0 Å². The van der Waals surface area contributed by atoms with E-state index in [0.717, 1.165) is 23.4 Å². The van der Waals surface area contributed by atoms with E-state index in [-0.39, 0.29) is 0 Å². The smallest absolute Gasteiger partial charge is 0.0510 e. The lowest BCUT2D eigenvalue weighted by atomic mass is 10.4. The van der Waals surface area contributed by atoms with Crippen molar-refractivity contribution >= 4 is 16.8 Å². The molecule has 7 heavy (non-hydrogen) atoms. The van der Waals surface area contributed by atoms with E-state index in [1.165, 1.54) is 19.0 Å². The first-order chi connectivity index (χ1) is 3.50. The fourth-order valence-electron chi connectivity index (χ4n) is 0.541. The average molecular weight is 136 g/mol. The molecule has 2 atom stereocenters. The van der Waals surface area contributed by atoms with Crippen LogP contribution in [0, 0.1) is 0 Å². The van der Waals surface area contributed by atoms with Crippen LogP contribution >= 0.6 is 16.8 Å². The molecule has 1 fully saturated rings. The Hall–Kier alpha value is 0.820. The summed E-state index contributed by atoms with van der Waals surface area (Å²) in [5, 5.41) is 0. The van der Waals surface area contributed by atoms with Gasteiger partial charge in [-0.25, -0.2) is 0 Å².